The number of Topliss-reactive ketones (excluding diaryl/α,β-unsaturated/α-hetero) is 3. The molecular formula is C27H33ClN4O6. The second kappa shape index (κ2) is 9.51. The molecule has 3 fully saturated rings. The van der Waals surface area contributed by atoms with Crippen molar-refractivity contribution in [3.8, 4) is 5.75 Å². The number of aliphatic hydroxyl groups is 1. The van der Waals surface area contributed by atoms with Crippen molar-refractivity contribution in [3.05, 3.63) is 27.8 Å². The zero-order chi connectivity index (χ0) is 27.7. The third-order valence-electron chi connectivity index (χ3n) is 9.07. The summed E-state index contributed by atoms with van der Waals surface area (Å²) >= 11 is 6.78. The highest BCUT2D eigenvalue weighted by molar-refractivity contribution is 6.35. The van der Waals surface area contributed by atoms with Crippen molar-refractivity contribution >= 4 is 40.6 Å². The number of aromatic hydroxyl groups is 1. The van der Waals surface area contributed by atoms with E-state index in [0.29, 0.717) is 28.7 Å². The summed E-state index contributed by atoms with van der Waals surface area (Å²) in [4.78, 5) is 54.5. The van der Waals surface area contributed by atoms with Crippen molar-refractivity contribution < 1.29 is 29.4 Å². The number of nitrogens with two attached hydrogens (primary N) is 1. The van der Waals surface area contributed by atoms with E-state index >= 15 is 0 Å². The van der Waals surface area contributed by atoms with E-state index in [1.165, 1.54) is 11.0 Å². The molecule has 5 rings (SSSR count). The lowest BCUT2D eigenvalue weighted by Gasteiger charge is -2.53. The lowest BCUT2D eigenvalue weighted by molar-refractivity contribution is -0.157. The molecule has 0 aliphatic heterocycles. The molecule has 0 radical (unpaired) electrons. The quantitative estimate of drug-likeness (QED) is 0.341. The second-order valence-electron chi connectivity index (χ2n) is 11.4. The third-order valence-corrected chi connectivity index (χ3v) is 9.54. The number of amides is 1. The van der Waals surface area contributed by atoms with Gasteiger partial charge in [-0.2, -0.15) is 0 Å². The molecule has 4 aliphatic rings. The van der Waals surface area contributed by atoms with Crippen molar-refractivity contribution in [3.63, 3.8) is 0 Å². The van der Waals surface area contributed by atoms with Crippen molar-refractivity contribution in [1.29, 1.82) is 5.41 Å². The molecular weight excluding hydrogens is 512 g/mol. The molecule has 1 amide bonds. The molecule has 1 aromatic carbocycles. The Hall–Kier alpha value is -2.66. The van der Waals surface area contributed by atoms with Crippen LogP contribution in [0.4, 0.5) is 0 Å². The maximum absolute atomic E-state index is 13.9. The third kappa shape index (κ3) is 3.84. The number of carbonyl (C=O) groups is 4. The van der Waals surface area contributed by atoms with Gasteiger partial charge in [-0.15, -0.1) is 0 Å². The molecule has 3 saturated carbocycles. The van der Waals surface area contributed by atoms with Crippen LogP contribution >= 0.6 is 11.6 Å². The summed E-state index contributed by atoms with van der Waals surface area (Å²) < 4.78 is 0. The van der Waals surface area contributed by atoms with Gasteiger partial charge in [-0.1, -0.05) is 24.4 Å². The Morgan fingerprint density at radius 1 is 1.26 bits per heavy atom. The van der Waals surface area contributed by atoms with Gasteiger partial charge in [0.05, 0.1) is 23.2 Å². The van der Waals surface area contributed by atoms with E-state index in [1.807, 2.05) is 0 Å². The van der Waals surface area contributed by atoms with E-state index in [2.05, 4.69) is 5.32 Å². The first kappa shape index (κ1) is 26.9. The van der Waals surface area contributed by atoms with Crippen LogP contribution in [0.3, 0.4) is 0 Å². The molecule has 0 saturated heterocycles. The number of primary amides is 1. The Morgan fingerprint density at radius 3 is 2.53 bits per heavy atom. The fourth-order valence-electron chi connectivity index (χ4n) is 7.27. The van der Waals surface area contributed by atoms with Gasteiger partial charge in [0, 0.05) is 23.5 Å². The summed E-state index contributed by atoms with van der Waals surface area (Å²) in [5, 5.41) is 34.9. The van der Waals surface area contributed by atoms with Gasteiger partial charge in [-0.3, -0.25) is 24.1 Å². The Balaban J connectivity index is 1.54. The normalized spacial score (nSPS) is 33.3. The molecule has 0 bridgehead atoms. The summed E-state index contributed by atoms with van der Waals surface area (Å²) in [6, 6.07) is 0.757. The number of hydrogen-bond acceptors (Lipinski definition) is 9. The van der Waals surface area contributed by atoms with Gasteiger partial charge >= 0.3 is 0 Å². The topological polar surface area (TPSA) is 174 Å². The van der Waals surface area contributed by atoms with Crippen molar-refractivity contribution in [2.45, 2.75) is 62.8 Å². The summed E-state index contributed by atoms with van der Waals surface area (Å²) in [6.45, 7) is 0.427. The van der Waals surface area contributed by atoms with Crippen LogP contribution in [-0.4, -0.2) is 75.9 Å². The first-order chi connectivity index (χ1) is 17.9. The predicted octanol–water partition coefficient (Wildman–Crippen LogP) is 1.00. The zero-order valence-corrected chi connectivity index (χ0v) is 22.2. The summed E-state index contributed by atoms with van der Waals surface area (Å²) in [5.74, 6) is -8.44. The van der Waals surface area contributed by atoms with Crippen molar-refractivity contribution in [1.82, 2.24) is 10.2 Å². The number of hydrogen-bond donors (Lipinski definition) is 5. The Kier molecular flexibility index (Phi) is 6.74. The zero-order valence-electron chi connectivity index (χ0n) is 21.4. The monoisotopic (exact) mass is 544 g/mol. The minimum atomic E-state index is -2.51. The largest absolute Gasteiger partial charge is 0.507 e. The van der Waals surface area contributed by atoms with Gasteiger partial charge in [-0.05, 0) is 62.9 Å². The standard InChI is InChI=1S/C27H33ClN4O6/c1-32(2)21-15-8-11-7-14-18(16(33)9-12(20(14)28)10-31-13-5-3-4-6-13)22(34)17(11)25(36)27(15,38)24(29)19(23(21)35)26(30)37/h9,11,13,15,17,19,21,29,31,33,38H,3-8,10H2,1-2H3,(H2,30,37). The molecule has 10 nitrogen and oxygen atoms in total. The van der Waals surface area contributed by atoms with E-state index < -0.39 is 64.3 Å². The van der Waals surface area contributed by atoms with Crippen LogP contribution < -0.4 is 11.1 Å². The summed E-state index contributed by atoms with van der Waals surface area (Å²) in [5.41, 5.74) is 3.18. The number of carbonyl (C=O) groups excluding carboxylic acids is 4. The maximum atomic E-state index is 13.9. The molecule has 1 aromatic rings. The first-order valence-electron chi connectivity index (χ1n) is 13.0. The van der Waals surface area contributed by atoms with E-state index in [1.54, 1.807) is 14.1 Å². The molecule has 6 unspecified atom stereocenters. The van der Waals surface area contributed by atoms with Crippen LogP contribution in [0.2, 0.25) is 5.02 Å². The van der Waals surface area contributed by atoms with E-state index in [9.17, 15) is 29.4 Å². The van der Waals surface area contributed by atoms with Crippen LogP contribution in [0.5, 0.6) is 5.75 Å². The number of halogens is 1. The summed E-state index contributed by atoms with van der Waals surface area (Å²) in [7, 11) is 3.18. The number of phenols is 1. The highest BCUT2D eigenvalue weighted by atomic mass is 35.5. The van der Waals surface area contributed by atoms with Crippen LogP contribution in [0.15, 0.2) is 6.07 Å². The highest BCUT2D eigenvalue weighted by Crippen LogP contribution is 2.51. The predicted molar refractivity (Wildman–Crippen MR) is 138 cm³/mol. The van der Waals surface area contributed by atoms with E-state index in [0.717, 1.165) is 25.7 Å². The smallest absolute Gasteiger partial charge is 0.233 e. The van der Waals surface area contributed by atoms with E-state index in [-0.39, 0.29) is 24.2 Å². The Morgan fingerprint density at radius 2 is 1.92 bits per heavy atom. The molecule has 0 heterocycles. The number of phenolic OH excluding ortho intramolecular Hbond substituents is 1. The molecule has 204 valence electrons. The molecule has 11 heteroatoms. The lowest BCUT2D eigenvalue weighted by Crippen LogP contribution is -2.73. The number of likely N-dealkylation sites (N-methyl/N-ethyl adjacent to an activating group) is 1. The van der Waals surface area contributed by atoms with Gasteiger partial charge in [0.25, 0.3) is 0 Å². The Labute approximate surface area is 225 Å². The van der Waals surface area contributed by atoms with Crippen LogP contribution in [-0.2, 0) is 27.3 Å². The fourth-order valence-corrected chi connectivity index (χ4v) is 7.57. The minimum Gasteiger partial charge on any atom is -0.507 e. The van der Waals surface area contributed by atoms with Crippen molar-refractivity contribution in [2.75, 3.05) is 14.1 Å². The lowest BCUT2D eigenvalue weighted by atomic mass is 9.52. The van der Waals surface area contributed by atoms with Gasteiger partial charge in [0.15, 0.2) is 23.0 Å². The average molecular weight is 545 g/mol. The SMILES string of the molecule is CN(C)C1C(=O)C(C(N)=O)C(=N)C2(O)C(=O)C3C(=O)c4c(O)cc(CNC5CCCC5)c(Cl)c4CC3CC12. The van der Waals surface area contributed by atoms with Crippen molar-refractivity contribution in [2.24, 2.45) is 29.4 Å². The average Bonchev–Trinajstić information content (AvgIpc) is 3.36. The van der Waals surface area contributed by atoms with Gasteiger partial charge in [-0.25, -0.2) is 0 Å². The number of nitrogens with zero attached hydrogens (tertiary/aromatic N) is 1. The molecule has 38 heavy (non-hydrogen) atoms. The van der Waals surface area contributed by atoms with E-state index in [4.69, 9.17) is 22.7 Å². The van der Waals surface area contributed by atoms with Gasteiger partial charge < -0.3 is 26.7 Å². The second-order valence-corrected chi connectivity index (χ2v) is 11.8. The number of rotatable bonds is 5. The van der Waals surface area contributed by atoms with Gasteiger partial charge in [0.2, 0.25) is 5.91 Å². The Bertz CT molecular complexity index is 1260. The number of benzene rings is 1. The first-order valence-corrected chi connectivity index (χ1v) is 13.4. The minimum absolute atomic E-state index is 0.0507. The van der Waals surface area contributed by atoms with Gasteiger partial charge in [0.1, 0.15) is 11.7 Å². The number of fused-ring (bicyclic) bond motifs is 3. The number of nitrogens with one attached hydrogen (secondary N) is 2. The van der Waals surface area contributed by atoms with Crippen LogP contribution in [0.25, 0.3) is 0 Å². The molecule has 6 atom stereocenters. The summed E-state index contributed by atoms with van der Waals surface area (Å²) in [6.07, 6.45) is 4.72. The molecule has 4 aliphatic carbocycles. The molecule has 0 spiro atoms. The molecule has 0 aromatic heterocycles. The van der Waals surface area contributed by atoms with Crippen LogP contribution in [0, 0.1) is 29.1 Å². The number of ketones is 3. The van der Waals surface area contributed by atoms with Crippen LogP contribution in [0.1, 0.15) is 53.6 Å². The highest BCUT2D eigenvalue weighted by Gasteiger charge is 2.67. The molecule has 6 N–H and O–H groups in total. The fraction of sp³-hybridized carbons (Fsp3) is 0.593. The maximum Gasteiger partial charge on any atom is 0.233 e.